The third kappa shape index (κ3) is 2.19. The molecular formula is C17H13N3O2S. The van der Waals surface area contributed by atoms with Crippen LogP contribution >= 0.6 is 11.3 Å². The number of thiazole rings is 1. The topological polar surface area (TPSA) is 60.4 Å². The van der Waals surface area contributed by atoms with Gasteiger partial charge in [-0.3, -0.25) is 14.5 Å². The molecule has 0 bridgehead atoms. The van der Waals surface area contributed by atoms with Crippen LogP contribution < -0.4 is 0 Å². The van der Waals surface area contributed by atoms with Crippen LogP contribution in [-0.2, 0) is 0 Å². The van der Waals surface area contributed by atoms with Crippen molar-refractivity contribution >= 4 is 32.2 Å². The lowest BCUT2D eigenvalue weighted by Gasteiger charge is -1.99. The van der Waals surface area contributed by atoms with Crippen molar-refractivity contribution in [2.24, 2.45) is 0 Å². The summed E-state index contributed by atoms with van der Waals surface area (Å²) in [6.45, 7) is 4.21. The molecule has 2 aromatic heterocycles. The lowest BCUT2D eigenvalue weighted by atomic mass is 10.1. The lowest BCUT2D eigenvalue weighted by molar-refractivity contribution is -0.384. The summed E-state index contributed by atoms with van der Waals surface area (Å²) in [4.78, 5) is 15.9. The van der Waals surface area contributed by atoms with Gasteiger partial charge in [0.05, 0.1) is 20.8 Å². The van der Waals surface area contributed by atoms with E-state index in [1.807, 2.05) is 6.20 Å². The van der Waals surface area contributed by atoms with Crippen LogP contribution in [0, 0.1) is 24.0 Å². The van der Waals surface area contributed by atoms with E-state index in [2.05, 4.69) is 35.4 Å². The van der Waals surface area contributed by atoms with Crippen molar-refractivity contribution in [3.63, 3.8) is 0 Å². The van der Waals surface area contributed by atoms with E-state index in [0.717, 1.165) is 21.7 Å². The molecule has 0 saturated carbocycles. The molecule has 0 aliphatic heterocycles. The van der Waals surface area contributed by atoms with Crippen molar-refractivity contribution in [1.29, 1.82) is 0 Å². The predicted molar refractivity (Wildman–Crippen MR) is 92.1 cm³/mol. The van der Waals surface area contributed by atoms with Crippen LogP contribution in [0.5, 0.6) is 0 Å². The smallest absolute Gasteiger partial charge is 0.269 e. The first-order valence-corrected chi connectivity index (χ1v) is 7.98. The van der Waals surface area contributed by atoms with Gasteiger partial charge in [-0.2, -0.15) is 0 Å². The molecule has 114 valence electrons. The van der Waals surface area contributed by atoms with E-state index in [4.69, 9.17) is 0 Å². The first kappa shape index (κ1) is 13.9. The van der Waals surface area contributed by atoms with E-state index in [1.54, 1.807) is 23.5 Å². The number of hydrogen-bond donors (Lipinski definition) is 0. The molecule has 23 heavy (non-hydrogen) atoms. The fourth-order valence-electron chi connectivity index (χ4n) is 2.64. The zero-order chi connectivity index (χ0) is 16.1. The Kier molecular flexibility index (Phi) is 2.96. The van der Waals surface area contributed by atoms with Gasteiger partial charge in [-0.25, -0.2) is 4.98 Å². The average Bonchev–Trinajstić information content (AvgIpc) is 3.06. The monoisotopic (exact) mass is 323 g/mol. The number of non-ortho nitro benzene ring substituents is 1. The highest BCUT2D eigenvalue weighted by Crippen LogP contribution is 2.31. The average molecular weight is 323 g/mol. The number of nitro benzene ring substituents is 1. The number of rotatable bonds is 2. The van der Waals surface area contributed by atoms with Crippen LogP contribution in [-0.4, -0.2) is 14.3 Å². The van der Waals surface area contributed by atoms with Gasteiger partial charge in [0.2, 0.25) is 0 Å². The molecule has 0 fully saturated rings. The highest BCUT2D eigenvalue weighted by Gasteiger charge is 2.12. The maximum Gasteiger partial charge on any atom is 0.269 e. The summed E-state index contributed by atoms with van der Waals surface area (Å²) in [6.07, 6.45) is 1.99. The van der Waals surface area contributed by atoms with Crippen molar-refractivity contribution < 1.29 is 4.92 Å². The molecule has 0 amide bonds. The van der Waals surface area contributed by atoms with Crippen molar-refractivity contribution in [3.05, 3.63) is 63.8 Å². The number of aryl methyl sites for hydroxylation is 2. The minimum absolute atomic E-state index is 0.0892. The van der Waals surface area contributed by atoms with Gasteiger partial charge < -0.3 is 0 Å². The summed E-state index contributed by atoms with van der Waals surface area (Å²) in [5.41, 5.74) is 5.47. The Hall–Kier alpha value is -2.73. The maximum atomic E-state index is 10.7. The number of hydrogen-bond acceptors (Lipinski definition) is 4. The number of imidazole rings is 1. The maximum absolute atomic E-state index is 10.7. The Bertz CT molecular complexity index is 1060. The highest BCUT2D eigenvalue weighted by atomic mass is 32.1. The second-order valence-corrected chi connectivity index (χ2v) is 6.60. The number of benzene rings is 2. The molecule has 6 heteroatoms. The number of nitrogens with zero attached hydrogens (tertiary/aromatic N) is 3. The van der Waals surface area contributed by atoms with E-state index in [9.17, 15) is 10.1 Å². The van der Waals surface area contributed by atoms with Crippen molar-refractivity contribution in [2.75, 3.05) is 0 Å². The third-order valence-corrected chi connectivity index (χ3v) is 5.10. The molecule has 0 radical (unpaired) electrons. The summed E-state index contributed by atoms with van der Waals surface area (Å²) in [5.74, 6) is 0. The fourth-order valence-corrected chi connectivity index (χ4v) is 3.73. The van der Waals surface area contributed by atoms with Crippen LogP contribution in [0.4, 0.5) is 5.69 Å². The van der Waals surface area contributed by atoms with E-state index < -0.39 is 4.92 Å². The van der Waals surface area contributed by atoms with Gasteiger partial charge in [0.1, 0.15) is 0 Å². The first-order chi connectivity index (χ1) is 11.0. The summed E-state index contributed by atoms with van der Waals surface area (Å²) in [5, 5.41) is 10.7. The molecule has 0 aliphatic carbocycles. The van der Waals surface area contributed by atoms with E-state index in [0.29, 0.717) is 0 Å². The first-order valence-electron chi connectivity index (χ1n) is 7.16. The van der Waals surface area contributed by atoms with Crippen molar-refractivity contribution in [3.8, 4) is 11.3 Å². The highest BCUT2D eigenvalue weighted by molar-refractivity contribution is 7.23. The molecule has 2 aromatic carbocycles. The normalized spacial score (nSPS) is 11.4. The zero-order valence-electron chi connectivity index (χ0n) is 12.6. The van der Waals surface area contributed by atoms with Crippen LogP contribution in [0.3, 0.4) is 0 Å². The largest absolute Gasteiger partial charge is 0.290 e. The summed E-state index contributed by atoms with van der Waals surface area (Å²) in [7, 11) is 0. The van der Waals surface area contributed by atoms with Crippen molar-refractivity contribution in [1.82, 2.24) is 9.38 Å². The van der Waals surface area contributed by atoms with Crippen LogP contribution in [0.15, 0.2) is 42.6 Å². The molecule has 0 aliphatic rings. The van der Waals surface area contributed by atoms with Gasteiger partial charge in [0.25, 0.3) is 5.69 Å². The molecule has 2 heterocycles. The van der Waals surface area contributed by atoms with E-state index in [1.165, 1.54) is 28.0 Å². The molecule has 0 N–H and O–H groups in total. The van der Waals surface area contributed by atoms with Gasteiger partial charge in [0, 0.05) is 23.9 Å². The molecule has 4 aromatic rings. The Balaban J connectivity index is 1.85. The second kappa shape index (κ2) is 4.89. The lowest BCUT2D eigenvalue weighted by Crippen LogP contribution is -1.87. The summed E-state index contributed by atoms with van der Waals surface area (Å²) in [6, 6.07) is 10.9. The Morgan fingerprint density at radius 2 is 1.83 bits per heavy atom. The van der Waals surface area contributed by atoms with Gasteiger partial charge in [0.15, 0.2) is 4.96 Å². The fraction of sp³-hybridized carbons (Fsp3) is 0.118. The summed E-state index contributed by atoms with van der Waals surface area (Å²) < 4.78 is 3.30. The number of fused-ring (bicyclic) bond motifs is 3. The number of aromatic nitrogens is 2. The van der Waals surface area contributed by atoms with Gasteiger partial charge in [-0.15, -0.1) is 0 Å². The minimum Gasteiger partial charge on any atom is -0.290 e. The van der Waals surface area contributed by atoms with E-state index >= 15 is 0 Å². The third-order valence-electron chi connectivity index (χ3n) is 4.08. The molecule has 0 atom stereocenters. The standard InChI is InChI=1S/C17H13N3O2S/c1-10-7-15-16(8-11(10)2)23-17-18-14(9-19(15)17)12-3-5-13(6-4-12)20(21)22/h3-9H,1-2H3. The SMILES string of the molecule is Cc1cc2sc3nc(-c4ccc([N+](=O)[O-])cc4)cn3c2cc1C. The Morgan fingerprint density at radius 1 is 1.13 bits per heavy atom. The molecule has 0 saturated heterocycles. The number of nitro groups is 1. The minimum atomic E-state index is -0.395. The van der Waals surface area contributed by atoms with Crippen LogP contribution in [0.25, 0.3) is 26.4 Å². The van der Waals surface area contributed by atoms with Crippen LogP contribution in [0.1, 0.15) is 11.1 Å². The summed E-state index contributed by atoms with van der Waals surface area (Å²) >= 11 is 1.65. The van der Waals surface area contributed by atoms with Crippen molar-refractivity contribution in [2.45, 2.75) is 13.8 Å². The Labute approximate surface area is 136 Å². The van der Waals surface area contributed by atoms with Gasteiger partial charge >= 0.3 is 0 Å². The van der Waals surface area contributed by atoms with Gasteiger partial charge in [-0.1, -0.05) is 11.3 Å². The predicted octanol–water partition coefficient (Wildman–Crippen LogP) is 4.74. The Morgan fingerprint density at radius 3 is 2.52 bits per heavy atom. The van der Waals surface area contributed by atoms with Gasteiger partial charge in [-0.05, 0) is 49.2 Å². The molecular weight excluding hydrogens is 310 g/mol. The molecule has 4 rings (SSSR count). The molecule has 5 nitrogen and oxygen atoms in total. The second-order valence-electron chi connectivity index (χ2n) is 5.59. The quantitative estimate of drug-likeness (QED) is 0.395. The molecule has 0 spiro atoms. The zero-order valence-corrected chi connectivity index (χ0v) is 13.4. The molecule has 0 unspecified atom stereocenters. The van der Waals surface area contributed by atoms with E-state index in [-0.39, 0.29) is 5.69 Å². The van der Waals surface area contributed by atoms with Crippen LogP contribution in [0.2, 0.25) is 0 Å².